The van der Waals surface area contributed by atoms with E-state index in [2.05, 4.69) is 4.90 Å². The Kier molecular flexibility index (Phi) is 6.45. The number of ketones is 1. The molecule has 2 aromatic carbocycles. The fourth-order valence-corrected chi connectivity index (χ4v) is 3.59. The highest BCUT2D eigenvalue weighted by molar-refractivity contribution is 5.97. The highest BCUT2D eigenvalue weighted by Crippen LogP contribution is 2.34. The predicted molar refractivity (Wildman–Crippen MR) is 106 cm³/mol. The van der Waals surface area contributed by atoms with Crippen molar-refractivity contribution in [1.29, 1.82) is 0 Å². The van der Waals surface area contributed by atoms with Crippen molar-refractivity contribution in [2.45, 2.75) is 37.6 Å². The van der Waals surface area contributed by atoms with Crippen LogP contribution in [0.15, 0.2) is 54.6 Å². The number of carbonyl (C=O) groups excluding carboxylic acids is 2. The maximum absolute atomic E-state index is 12.9. The van der Waals surface area contributed by atoms with Gasteiger partial charge in [0.05, 0.1) is 6.42 Å². The number of anilines is 1. The van der Waals surface area contributed by atoms with Gasteiger partial charge < -0.3 is 10.5 Å². The zero-order valence-corrected chi connectivity index (χ0v) is 16.3. The molecule has 0 unspecified atom stereocenters. The molecule has 2 N–H and O–H groups in total. The van der Waals surface area contributed by atoms with Gasteiger partial charge in [0.2, 0.25) is 0 Å². The van der Waals surface area contributed by atoms with Crippen LogP contribution in [0.3, 0.4) is 0 Å². The number of ether oxygens (including phenoxy) is 1. The summed E-state index contributed by atoms with van der Waals surface area (Å²) in [6.07, 6.45) is -5.14. The van der Waals surface area contributed by atoms with Crippen molar-refractivity contribution < 1.29 is 27.5 Å². The lowest BCUT2D eigenvalue weighted by Gasteiger charge is -2.41. The van der Waals surface area contributed by atoms with E-state index in [9.17, 15) is 22.8 Å². The van der Waals surface area contributed by atoms with Crippen LogP contribution in [-0.4, -0.2) is 41.5 Å². The molecule has 0 atom stereocenters. The fraction of sp³-hybridized carbons (Fsp3) is 0.364. The number of benzene rings is 2. The number of rotatable bonds is 6. The zero-order chi connectivity index (χ0) is 21.8. The average Bonchev–Trinajstić information content (AvgIpc) is 2.70. The maximum atomic E-state index is 12.9. The van der Waals surface area contributed by atoms with Crippen molar-refractivity contribution in [3.05, 3.63) is 65.7 Å². The molecule has 0 aliphatic carbocycles. The molecule has 1 saturated heterocycles. The van der Waals surface area contributed by atoms with Gasteiger partial charge >= 0.3 is 12.1 Å². The number of carbonyl (C=O) groups is 2. The number of hydrogen-bond donors (Lipinski definition) is 1. The van der Waals surface area contributed by atoms with E-state index in [4.69, 9.17) is 10.5 Å². The average molecular weight is 420 g/mol. The third-order valence-electron chi connectivity index (χ3n) is 5.27. The summed E-state index contributed by atoms with van der Waals surface area (Å²) in [7, 11) is 0. The van der Waals surface area contributed by atoms with Crippen LogP contribution in [0.4, 0.5) is 18.9 Å². The van der Waals surface area contributed by atoms with Crippen LogP contribution >= 0.6 is 0 Å². The minimum absolute atomic E-state index is 0.141. The van der Waals surface area contributed by atoms with E-state index >= 15 is 0 Å². The Hall–Kier alpha value is -2.87. The second-order valence-electron chi connectivity index (χ2n) is 7.55. The summed E-state index contributed by atoms with van der Waals surface area (Å²) in [5, 5.41) is 0. The van der Waals surface area contributed by atoms with Crippen LogP contribution in [-0.2, 0) is 16.1 Å². The molecular formula is C22H23F3N2O3. The zero-order valence-electron chi connectivity index (χ0n) is 16.3. The van der Waals surface area contributed by atoms with Gasteiger partial charge in [0, 0.05) is 43.7 Å². The summed E-state index contributed by atoms with van der Waals surface area (Å²) < 4.78 is 43.5. The van der Waals surface area contributed by atoms with Gasteiger partial charge in [0.1, 0.15) is 5.60 Å². The number of hydrogen-bond acceptors (Lipinski definition) is 5. The molecule has 1 fully saturated rings. The Morgan fingerprint density at radius 3 is 2.17 bits per heavy atom. The summed E-state index contributed by atoms with van der Waals surface area (Å²) in [5.74, 6) is -2.65. The minimum atomic E-state index is -5.11. The molecule has 160 valence electrons. The highest BCUT2D eigenvalue weighted by atomic mass is 19.4. The largest absolute Gasteiger partial charge is 0.490 e. The van der Waals surface area contributed by atoms with E-state index in [0.717, 1.165) is 5.56 Å². The van der Waals surface area contributed by atoms with Gasteiger partial charge in [-0.1, -0.05) is 30.3 Å². The highest BCUT2D eigenvalue weighted by Gasteiger charge is 2.48. The van der Waals surface area contributed by atoms with Crippen LogP contribution in [0.25, 0.3) is 0 Å². The molecule has 0 bridgehead atoms. The van der Waals surface area contributed by atoms with E-state index in [1.165, 1.54) is 12.1 Å². The van der Waals surface area contributed by atoms with E-state index in [0.29, 0.717) is 30.9 Å². The number of esters is 1. The quantitative estimate of drug-likeness (QED) is 0.435. The van der Waals surface area contributed by atoms with Crippen LogP contribution in [0.1, 0.15) is 35.2 Å². The number of Topliss-reactive ketones (excluding diaryl/α,β-unsaturated/α-hetero) is 1. The van der Waals surface area contributed by atoms with Gasteiger partial charge in [-0.3, -0.25) is 9.69 Å². The van der Waals surface area contributed by atoms with Crippen molar-refractivity contribution >= 4 is 17.4 Å². The molecule has 1 aliphatic heterocycles. The Labute approximate surface area is 172 Å². The Morgan fingerprint density at radius 1 is 1.00 bits per heavy atom. The van der Waals surface area contributed by atoms with Gasteiger partial charge in [-0.2, -0.15) is 13.2 Å². The smallest absolute Gasteiger partial charge is 0.452 e. The molecule has 3 rings (SSSR count). The number of halogens is 3. The van der Waals surface area contributed by atoms with Crippen molar-refractivity contribution in [3.63, 3.8) is 0 Å². The standard InChI is InChI=1S/C22H23F3N2O3/c23-22(24,25)20(29)30-21(14-19(28)17-6-8-18(26)9-7-17)10-12-27(13-11-21)15-16-4-2-1-3-5-16/h1-9H,10-15,26H2. The molecule has 0 amide bonds. The maximum Gasteiger partial charge on any atom is 0.490 e. The molecule has 0 aromatic heterocycles. The van der Waals surface area contributed by atoms with Gasteiger partial charge in [0.15, 0.2) is 5.78 Å². The molecule has 8 heteroatoms. The molecule has 0 radical (unpaired) electrons. The first-order valence-electron chi connectivity index (χ1n) is 9.62. The first kappa shape index (κ1) is 21.8. The first-order valence-corrected chi connectivity index (χ1v) is 9.62. The first-order chi connectivity index (χ1) is 14.2. The van der Waals surface area contributed by atoms with Crippen molar-refractivity contribution in [2.75, 3.05) is 18.8 Å². The van der Waals surface area contributed by atoms with Crippen molar-refractivity contribution in [1.82, 2.24) is 4.90 Å². The number of nitrogen functional groups attached to an aromatic ring is 1. The lowest BCUT2D eigenvalue weighted by atomic mass is 9.84. The second-order valence-corrected chi connectivity index (χ2v) is 7.55. The molecule has 0 spiro atoms. The second kappa shape index (κ2) is 8.87. The number of nitrogens with zero attached hydrogens (tertiary/aromatic N) is 1. The summed E-state index contributed by atoms with van der Waals surface area (Å²) in [6, 6.07) is 15.8. The number of piperidine rings is 1. The van der Waals surface area contributed by atoms with E-state index in [1.807, 2.05) is 30.3 Å². The summed E-state index contributed by atoms with van der Waals surface area (Å²) >= 11 is 0. The third kappa shape index (κ3) is 5.60. The fourth-order valence-electron chi connectivity index (χ4n) is 3.59. The normalized spacial score (nSPS) is 16.8. The van der Waals surface area contributed by atoms with Crippen LogP contribution in [0.2, 0.25) is 0 Å². The Balaban J connectivity index is 1.73. The Bertz CT molecular complexity index is 875. The SMILES string of the molecule is Nc1ccc(C(=O)CC2(OC(=O)C(F)(F)F)CCN(Cc3ccccc3)CC2)cc1. The number of nitrogens with two attached hydrogens (primary N) is 1. The topological polar surface area (TPSA) is 72.6 Å². The number of alkyl halides is 3. The van der Waals surface area contributed by atoms with Crippen LogP contribution in [0, 0.1) is 0 Å². The molecule has 1 aliphatic rings. The lowest BCUT2D eigenvalue weighted by Crippen LogP contribution is -2.49. The van der Waals surface area contributed by atoms with E-state index < -0.39 is 17.7 Å². The monoisotopic (exact) mass is 420 g/mol. The molecule has 2 aromatic rings. The van der Waals surface area contributed by atoms with E-state index in [-0.39, 0.29) is 25.0 Å². The van der Waals surface area contributed by atoms with Crippen molar-refractivity contribution in [2.24, 2.45) is 0 Å². The van der Waals surface area contributed by atoms with E-state index in [1.54, 1.807) is 12.1 Å². The van der Waals surface area contributed by atoms with Crippen LogP contribution in [0.5, 0.6) is 0 Å². The summed E-state index contributed by atoms with van der Waals surface area (Å²) in [4.78, 5) is 26.4. The Morgan fingerprint density at radius 2 is 1.60 bits per heavy atom. The number of likely N-dealkylation sites (tertiary alicyclic amines) is 1. The van der Waals surface area contributed by atoms with Gasteiger partial charge in [-0.15, -0.1) is 0 Å². The molecule has 0 saturated carbocycles. The van der Waals surface area contributed by atoms with Gasteiger partial charge in [-0.05, 0) is 29.8 Å². The predicted octanol–water partition coefficient (Wildman–Crippen LogP) is 3.98. The minimum Gasteiger partial charge on any atom is -0.452 e. The molecule has 1 heterocycles. The lowest BCUT2D eigenvalue weighted by molar-refractivity contribution is -0.217. The van der Waals surface area contributed by atoms with Crippen LogP contribution < -0.4 is 5.73 Å². The summed E-state index contributed by atoms with van der Waals surface area (Å²) in [6.45, 7) is 1.46. The van der Waals surface area contributed by atoms with Gasteiger partial charge in [-0.25, -0.2) is 4.79 Å². The summed E-state index contributed by atoms with van der Waals surface area (Å²) in [5.41, 5.74) is 6.00. The van der Waals surface area contributed by atoms with Gasteiger partial charge in [0.25, 0.3) is 0 Å². The third-order valence-corrected chi connectivity index (χ3v) is 5.27. The van der Waals surface area contributed by atoms with Crippen molar-refractivity contribution in [3.8, 4) is 0 Å². The molecule has 5 nitrogen and oxygen atoms in total. The molecular weight excluding hydrogens is 397 g/mol. The molecule has 30 heavy (non-hydrogen) atoms.